The summed E-state index contributed by atoms with van der Waals surface area (Å²) < 4.78 is 15.2. The molecule has 2 N–H and O–H groups in total. The van der Waals surface area contributed by atoms with Gasteiger partial charge in [0.15, 0.2) is 6.29 Å². The van der Waals surface area contributed by atoms with Gasteiger partial charge >= 0.3 is 0 Å². The molecule has 1 aliphatic rings. The molecule has 0 atom stereocenters. The number of halogens is 1. The van der Waals surface area contributed by atoms with Gasteiger partial charge in [0, 0.05) is 30.2 Å². The Balaban J connectivity index is 2.06. The highest BCUT2D eigenvalue weighted by molar-refractivity contribution is 5.83. The molecule has 112 valence electrons. The van der Waals surface area contributed by atoms with Gasteiger partial charge < -0.3 is 15.1 Å². The number of rotatable bonds is 2. The van der Waals surface area contributed by atoms with E-state index in [0.717, 1.165) is 13.1 Å². The minimum absolute atomic E-state index is 0.360. The lowest BCUT2D eigenvalue weighted by atomic mass is 9.85. The van der Waals surface area contributed by atoms with E-state index in [-0.39, 0.29) is 0 Å². The highest BCUT2D eigenvalue weighted by Crippen LogP contribution is 2.38. The second kappa shape index (κ2) is 5.33. The Labute approximate surface area is 122 Å². The lowest BCUT2D eigenvalue weighted by Gasteiger charge is -2.35. The van der Waals surface area contributed by atoms with Gasteiger partial charge in [-0.15, -0.1) is 0 Å². The normalized spacial score (nSPS) is 19.3. The standard InChI is InChI=1S/C16H19FN2O2/c1-19-8-5-16(17,6-9-19)11-2-3-14-13(10-11)12(15(20)21)4-7-18-14/h2-4,7,10,15,20-21H,5-6,8-9H2,1H3. The zero-order valence-electron chi connectivity index (χ0n) is 12.0. The van der Waals surface area contributed by atoms with Crippen LogP contribution < -0.4 is 0 Å². The smallest absolute Gasteiger partial charge is 0.179 e. The summed E-state index contributed by atoms with van der Waals surface area (Å²) in [5.74, 6) is 0. The van der Waals surface area contributed by atoms with Crippen LogP contribution in [0.3, 0.4) is 0 Å². The van der Waals surface area contributed by atoms with E-state index in [1.54, 1.807) is 24.3 Å². The van der Waals surface area contributed by atoms with E-state index in [1.165, 1.54) is 6.20 Å². The number of aromatic nitrogens is 1. The molecule has 0 saturated carbocycles. The van der Waals surface area contributed by atoms with Crippen molar-refractivity contribution < 1.29 is 14.6 Å². The topological polar surface area (TPSA) is 56.6 Å². The molecule has 21 heavy (non-hydrogen) atoms. The molecule has 4 nitrogen and oxygen atoms in total. The molecular weight excluding hydrogens is 271 g/mol. The number of hydrogen-bond acceptors (Lipinski definition) is 4. The monoisotopic (exact) mass is 290 g/mol. The van der Waals surface area contributed by atoms with Gasteiger partial charge in [0.05, 0.1) is 5.52 Å². The fourth-order valence-corrected chi connectivity index (χ4v) is 2.93. The van der Waals surface area contributed by atoms with Crippen molar-refractivity contribution >= 4 is 10.9 Å². The second-order valence-corrected chi connectivity index (χ2v) is 5.77. The molecule has 0 amide bonds. The maximum absolute atomic E-state index is 15.2. The Morgan fingerprint density at radius 1 is 1.24 bits per heavy atom. The Hall–Kier alpha value is -1.56. The quantitative estimate of drug-likeness (QED) is 0.832. The molecule has 0 bridgehead atoms. The summed E-state index contributed by atoms with van der Waals surface area (Å²) in [6, 6.07) is 6.77. The van der Waals surface area contributed by atoms with Gasteiger partial charge in [0.25, 0.3) is 0 Å². The molecule has 0 unspecified atom stereocenters. The van der Waals surface area contributed by atoms with E-state index in [9.17, 15) is 10.2 Å². The average Bonchev–Trinajstić information content (AvgIpc) is 2.49. The number of hydrogen-bond donors (Lipinski definition) is 2. The minimum atomic E-state index is -1.58. The number of alkyl halides is 1. The third-order valence-electron chi connectivity index (χ3n) is 4.35. The van der Waals surface area contributed by atoms with Gasteiger partial charge in [-0.3, -0.25) is 4.98 Å². The maximum atomic E-state index is 15.2. The Morgan fingerprint density at radius 2 is 1.95 bits per heavy atom. The maximum Gasteiger partial charge on any atom is 0.179 e. The number of pyridine rings is 1. The van der Waals surface area contributed by atoms with Crippen molar-refractivity contribution in [2.45, 2.75) is 24.8 Å². The van der Waals surface area contributed by atoms with E-state index < -0.39 is 12.0 Å². The van der Waals surface area contributed by atoms with Gasteiger partial charge in [0.1, 0.15) is 5.67 Å². The predicted molar refractivity (Wildman–Crippen MR) is 78.4 cm³/mol. The van der Waals surface area contributed by atoms with Crippen LogP contribution in [-0.4, -0.2) is 40.2 Å². The van der Waals surface area contributed by atoms with Crippen molar-refractivity contribution in [3.8, 4) is 0 Å². The summed E-state index contributed by atoms with van der Waals surface area (Å²) in [5, 5.41) is 19.5. The van der Waals surface area contributed by atoms with Crippen LogP contribution in [0.1, 0.15) is 30.3 Å². The first-order valence-corrected chi connectivity index (χ1v) is 7.12. The first kappa shape index (κ1) is 14.4. The van der Waals surface area contributed by atoms with Gasteiger partial charge in [-0.2, -0.15) is 0 Å². The molecule has 0 radical (unpaired) electrons. The number of piperidine rings is 1. The third-order valence-corrected chi connectivity index (χ3v) is 4.35. The lowest BCUT2D eigenvalue weighted by molar-refractivity contribution is -0.0413. The molecule has 1 fully saturated rings. The van der Waals surface area contributed by atoms with Crippen LogP contribution in [0.5, 0.6) is 0 Å². The minimum Gasteiger partial charge on any atom is -0.364 e. The molecular formula is C16H19FN2O2. The van der Waals surface area contributed by atoms with Crippen LogP contribution in [0, 0.1) is 0 Å². The number of nitrogens with zero attached hydrogens (tertiary/aromatic N) is 2. The first-order chi connectivity index (χ1) is 9.99. The van der Waals surface area contributed by atoms with Crippen LogP contribution >= 0.6 is 0 Å². The van der Waals surface area contributed by atoms with Crippen molar-refractivity contribution in [1.82, 2.24) is 9.88 Å². The summed E-state index contributed by atoms with van der Waals surface area (Å²) in [4.78, 5) is 6.31. The SMILES string of the molecule is CN1CCC(F)(c2ccc3nccc(C(O)O)c3c2)CC1. The zero-order chi connectivity index (χ0) is 15.0. The molecule has 1 saturated heterocycles. The largest absolute Gasteiger partial charge is 0.364 e. The summed E-state index contributed by atoms with van der Waals surface area (Å²) in [6.45, 7) is 1.44. The summed E-state index contributed by atoms with van der Waals surface area (Å²) in [5.41, 5.74) is 0.242. The van der Waals surface area contributed by atoms with Crippen molar-refractivity contribution in [3.05, 3.63) is 41.6 Å². The highest BCUT2D eigenvalue weighted by Gasteiger charge is 2.35. The van der Waals surface area contributed by atoms with Crippen molar-refractivity contribution in [3.63, 3.8) is 0 Å². The average molecular weight is 290 g/mol. The van der Waals surface area contributed by atoms with E-state index in [1.807, 2.05) is 7.05 Å². The molecule has 2 aromatic rings. The molecule has 0 aliphatic carbocycles. The van der Waals surface area contributed by atoms with Crippen molar-refractivity contribution in [1.29, 1.82) is 0 Å². The first-order valence-electron chi connectivity index (χ1n) is 7.12. The van der Waals surface area contributed by atoms with Gasteiger partial charge in [-0.25, -0.2) is 4.39 Å². The molecule has 1 aromatic heterocycles. The Bertz CT molecular complexity index is 652. The van der Waals surface area contributed by atoms with Gasteiger partial charge in [0.2, 0.25) is 0 Å². The van der Waals surface area contributed by atoms with Crippen molar-refractivity contribution in [2.24, 2.45) is 0 Å². The number of likely N-dealkylation sites (tertiary alicyclic amines) is 1. The molecule has 1 aromatic carbocycles. The van der Waals surface area contributed by atoms with Crippen molar-refractivity contribution in [2.75, 3.05) is 20.1 Å². The predicted octanol–water partition coefficient (Wildman–Crippen LogP) is 2.11. The molecule has 2 heterocycles. The number of benzene rings is 1. The van der Waals surface area contributed by atoms with E-state index in [2.05, 4.69) is 9.88 Å². The fraction of sp³-hybridized carbons (Fsp3) is 0.438. The molecule has 5 heteroatoms. The van der Waals surface area contributed by atoms with Gasteiger partial charge in [-0.1, -0.05) is 6.07 Å². The second-order valence-electron chi connectivity index (χ2n) is 5.77. The highest BCUT2D eigenvalue weighted by atomic mass is 19.1. The van der Waals surface area contributed by atoms with Crippen LogP contribution in [0.4, 0.5) is 4.39 Å². The molecule has 1 aliphatic heterocycles. The Morgan fingerprint density at radius 3 is 2.62 bits per heavy atom. The van der Waals surface area contributed by atoms with E-state index in [4.69, 9.17) is 0 Å². The van der Waals surface area contributed by atoms with Crippen LogP contribution in [0.2, 0.25) is 0 Å². The zero-order valence-corrected chi connectivity index (χ0v) is 12.0. The molecule has 3 rings (SSSR count). The summed E-state index contributed by atoms with van der Waals surface area (Å²) in [6.07, 6.45) is 0.842. The van der Waals surface area contributed by atoms with Crippen LogP contribution in [0.25, 0.3) is 10.9 Å². The van der Waals surface area contributed by atoms with Crippen LogP contribution in [0.15, 0.2) is 30.5 Å². The Kier molecular flexibility index (Phi) is 3.65. The number of aliphatic hydroxyl groups excluding tert-OH is 1. The summed E-state index contributed by atoms with van der Waals surface area (Å²) in [7, 11) is 1.99. The molecule has 0 spiro atoms. The number of aliphatic hydroxyl groups is 2. The lowest BCUT2D eigenvalue weighted by Crippen LogP contribution is -2.38. The van der Waals surface area contributed by atoms with Crippen LogP contribution in [-0.2, 0) is 5.67 Å². The van der Waals surface area contributed by atoms with E-state index >= 15 is 4.39 Å². The summed E-state index contributed by atoms with van der Waals surface area (Å²) >= 11 is 0. The fourth-order valence-electron chi connectivity index (χ4n) is 2.93. The third kappa shape index (κ3) is 2.64. The van der Waals surface area contributed by atoms with Gasteiger partial charge in [-0.05, 0) is 43.7 Å². The number of fused-ring (bicyclic) bond motifs is 1. The van der Waals surface area contributed by atoms with E-state index in [0.29, 0.717) is 34.9 Å².